The summed E-state index contributed by atoms with van der Waals surface area (Å²) in [5.74, 6) is 0.182. The molecule has 1 atom stereocenters. The van der Waals surface area contributed by atoms with Crippen molar-refractivity contribution in [3.05, 3.63) is 22.4 Å². The van der Waals surface area contributed by atoms with E-state index >= 15 is 0 Å². The number of amides is 1. The molecule has 0 saturated carbocycles. The van der Waals surface area contributed by atoms with Crippen LogP contribution < -0.4 is 0 Å². The lowest BCUT2D eigenvalue weighted by Gasteiger charge is -2.32. The topological polar surface area (TPSA) is 28.5 Å². The minimum atomic E-state index is 0.182. The average molecular weight is 354 g/mol. The number of carbonyl (C=O) groups is 1. The number of hydrogen-bond acceptors (Lipinski definition) is 2. The van der Waals surface area contributed by atoms with Crippen LogP contribution in [0.1, 0.15) is 43.1 Å². The molecule has 1 aromatic rings. The number of nitrogens with zero attached hydrogens (tertiary/aromatic N) is 3. The standard InChI is InChI=1S/C16H24BrN3O/c1-2-18-11-13(17)10-15(18)16(21)20-9-6-14(12-20)19-7-4-3-5-8-19/h10-11,14H,2-9,12H2,1H3. The molecule has 2 aliphatic rings. The Hall–Kier alpha value is -0.810. The van der Waals surface area contributed by atoms with Crippen molar-refractivity contribution in [1.82, 2.24) is 14.4 Å². The largest absolute Gasteiger partial charge is 0.343 e. The fourth-order valence-electron chi connectivity index (χ4n) is 3.59. The Bertz CT molecular complexity index is 508. The minimum absolute atomic E-state index is 0.182. The highest BCUT2D eigenvalue weighted by Crippen LogP contribution is 2.23. The van der Waals surface area contributed by atoms with Crippen LogP contribution in [0.25, 0.3) is 0 Å². The van der Waals surface area contributed by atoms with Crippen LogP contribution in [0.5, 0.6) is 0 Å². The summed E-state index contributed by atoms with van der Waals surface area (Å²) in [6.07, 6.45) is 7.11. The molecule has 0 N–H and O–H groups in total. The normalized spacial score (nSPS) is 23.7. The van der Waals surface area contributed by atoms with Crippen molar-refractivity contribution in [2.45, 2.75) is 45.2 Å². The number of aryl methyl sites for hydroxylation is 1. The van der Waals surface area contributed by atoms with E-state index in [1.165, 1.54) is 32.4 Å². The third-order valence-electron chi connectivity index (χ3n) is 4.78. The van der Waals surface area contributed by atoms with Gasteiger partial charge in [0.25, 0.3) is 5.91 Å². The predicted octanol–water partition coefficient (Wildman–Crippen LogP) is 2.97. The van der Waals surface area contributed by atoms with Gasteiger partial charge in [-0.3, -0.25) is 9.69 Å². The molecule has 3 heterocycles. The number of halogens is 1. The van der Waals surface area contributed by atoms with Crippen LogP contribution >= 0.6 is 15.9 Å². The predicted molar refractivity (Wildman–Crippen MR) is 87.5 cm³/mol. The summed E-state index contributed by atoms with van der Waals surface area (Å²) in [4.78, 5) is 17.4. The Morgan fingerprint density at radius 2 is 2.05 bits per heavy atom. The maximum Gasteiger partial charge on any atom is 0.270 e. The molecule has 5 heteroatoms. The lowest BCUT2D eigenvalue weighted by atomic mass is 10.1. The van der Waals surface area contributed by atoms with E-state index in [1.807, 2.05) is 21.7 Å². The molecule has 0 aliphatic carbocycles. The summed E-state index contributed by atoms with van der Waals surface area (Å²) < 4.78 is 3.01. The monoisotopic (exact) mass is 353 g/mol. The van der Waals surface area contributed by atoms with Crippen molar-refractivity contribution in [3.8, 4) is 0 Å². The van der Waals surface area contributed by atoms with Gasteiger partial charge in [-0.05, 0) is 61.3 Å². The first-order valence-electron chi connectivity index (χ1n) is 8.08. The second-order valence-electron chi connectivity index (χ2n) is 6.12. The van der Waals surface area contributed by atoms with E-state index in [1.54, 1.807) is 0 Å². The van der Waals surface area contributed by atoms with Crippen LogP contribution in [0.2, 0.25) is 0 Å². The SMILES string of the molecule is CCn1cc(Br)cc1C(=O)N1CCC(N2CCCCC2)C1. The molecular formula is C16H24BrN3O. The zero-order chi connectivity index (χ0) is 14.8. The highest BCUT2D eigenvalue weighted by atomic mass is 79.9. The molecule has 0 radical (unpaired) electrons. The molecule has 2 aliphatic heterocycles. The third-order valence-corrected chi connectivity index (χ3v) is 5.21. The van der Waals surface area contributed by atoms with Crippen LogP contribution in [0.15, 0.2) is 16.7 Å². The molecule has 0 spiro atoms. The van der Waals surface area contributed by atoms with Crippen LogP contribution in [0.3, 0.4) is 0 Å². The molecule has 2 saturated heterocycles. The van der Waals surface area contributed by atoms with Crippen molar-refractivity contribution in [3.63, 3.8) is 0 Å². The van der Waals surface area contributed by atoms with Gasteiger partial charge in [0.2, 0.25) is 0 Å². The van der Waals surface area contributed by atoms with Crippen LogP contribution in [-0.2, 0) is 6.54 Å². The van der Waals surface area contributed by atoms with Crippen molar-refractivity contribution in [2.24, 2.45) is 0 Å². The van der Waals surface area contributed by atoms with Gasteiger partial charge in [-0.15, -0.1) is 0 Å². The molecule has 0 aromatic carbocycles. The van der Waals surface area contributed by atoms with E-state index in [9.17, 15) is 4.79 Å². The van der Waals surface area contributed by atoms with Gasteiger partial charge in [0.15, 0.2) is 0 Å². The van der Waals surface area contributed by atoms with Gasteiger partial charge in [-0.2, -0.15) is 0 Å². The molecule has 21 heavy (non-hydrogen) atoms. The Labute approximate surface area is 135 Å². The first kappa shape index (κ1) is 15.1. The summed E-state index contributed by atoms with van der Waals surface area (Å²) in [6.45, 7) is 7.12. The summed E-state index contributed by atoms with van der Waals surface area (Å²) in [6, 6.07) is 2.52. The van der Waals surface area contributed by atoms with E-state index in [4.69, 9.17) is 0 Å². The van der Waals surface area contributed by atoms with Gasteiger partial charge < -0.3 is 9.47 Å². The smallest absolute Gasteiger partial charge is 0.270 e. The number of aromatic nitrogens is 1. The Balaban J connectivity index is 1.66. The molecule has 1 amide bonds. The van der Waals surface area contributed by atoms with Gasteiger partial charge >= 0.3 is 0 Å². The molecule has 3 rings (SSSR count). The van der Waals surface area contributed by atoms with Crippen molar-refractivity contribution in [1.29, 1.82) is 0 Å². The number of rotatable bonds is 3. The van der Waals surface area contributed by atoms with E-state index < -0.39 is 0 Å². The van der Waals surface area contributed by atoms with E-state index in [2.05, 4.69) is 27.8 Å². The highest BCUT2D eigenvalue weighted by Gasteiger charge is 2.32. The van der Waals surface area contributed by atoms with Crippen LogP contribution in [-0.4, -0.2) is 52.5 Å². The van der Waals surface area contributed by atoms with Gasteiger partial charge in [-0.25, -0.2) is 0 Å². The van der Waals surface area contributed by atoms with Crippen LogP contribution in [0, 0.1) is 0 Å². The number of piperidine rings is 1. The lowest BCUT2D eigenvalue weighted by molar-refractivity contribution is 0.0761. The first-order valence-corrected chi connectivity index (χ1v) is 8.87. The summed E-state index contributed by atoms with van der Waals surface area (Å²) in [5, 5.41) is 0. The van der Waals surface area contributed by atoms with Crippen molar-refractivity contribution < 1.29 is 4.79 Å². The van der Waals surface area contributed by atoms with Gasteiger partial charge in [0, 0.05) is 36.3 Å². The summed E-state index contributed by atoms with van der Waals surface area (Å²) in [5.41, 5.74) is 0.809. The first-order chi connectivity index (χ1) is 10.2. The molecule has 116 valence electrons. The molecule has 0 bridgehead atoms. The second-order valence-corrected chi connectivity index (χ2v) is 7.04. The zero-order valence-electron chi connectivity index (χ0n) is 12.7. The fourth-order valence-corrected chi connectivity index (χ4v) is 4.05. The number of likely N-dealkylation sites (tertiary alicyclic amines) is 2. The molecular weight excluding hydrogens is 330 g/mol. The van der Waals surface area contributed by atoms with Crippen LogP contribution in [0.4, 0.5) is 0 Å². The maximum absolute atomic E-state index is 12.7. The van der Waals surface area contributed by atoms with Gasteiger partial charge in [0.1, 0.15) is 5.69 Å². The second kappa shape index (κ2) is 6.53. The Morgan fingerprint density at radius 1 is 1.29 bits per heavy atom. The zero-order valence-corrected chi connectivity index (χ0v) is 14.3. The third kappa shape index (κ3) is 3.19. The number of hydrogen-bond donors (Lipinski definition) is 0. The quantitative estimate of drug-likeness (QED) is 0.835. The highest BCUT2D eigenvalue weighted by molar-refractivity contribution is 9.10. The van der Waals surface area contributed by atoms with Gasteiger partial charge in [-0.1, -0.05) is 6.42 Å². The fraction of sp³-hybridized carbons (Fsp3) is 0.688. The number of carbonyl (C=O) groups excluding carboxylic acids is 1. The minimum Gasteiger partial charge on any atom is -0.343 e. The van der Waals surface area contributed by atoms with Gasteiger partial charge in [0.05, 0.1) is 0 Å². The lowest BCUT2D eigenvalue weighted by Crippen LogP contribution is -2.41. The molecule has 4 nitrogen and oxygen atoms in total. The Morgan fingerprint density at radius 3 is 2.76 bits per heavy atom. The summed E-state index contributed by atoms with van der Waals surface area (Å²) >= 11 is 3.48. The summed E-state index contributed by atoms with van der Waals surface area (Å²) in [7, 11) is 0. The molecule has 2 fully saturated rings. The van der Waals surface area contributed by atoms with E-state index in [0.717, 1.165) is 36.2 Å². The molecule has 1 aromatic heterocycles. The Kier molecular flexibility index (Phi) is 4.69. The van der Waals surface area contributed by atoms with Crippen molar-refractivity contribution in [2.75, 3.05) is 26.2 Å². The van der Waals surface area contributed by atoms with Crippen molar-refractivity contribution >= 4 is 21.8 Å². The average Bonchev–Trinajstić information content (AvgIpc) is 3.14. The van der Waals surface area contributed by atoms with E-state index in [0.29, 0.717) is 6.04 Å². The molecule has 1 unspecified atom stereocenters. The maximum atomic E-state index is 12.7. The van der Waals surface area contributed by atoms with E-state index in [-0.39, 0.29) is 5.91 Å².